The lowest BCUT2D eigenvalue weighted by molar-refractivity contribution is 0.0712. The summed E-state index contributed by atoms with van der Waals surface area (Å²) in [6.07, 6.45) is 12.8. The summed E-state index contributed by atoms with van der Waals surface area (Å²) in [6.45, 7) is 10.5. The minimum absolute atomic E-state index is 0.682. The summed E-state index contributed by atoms with van der Waals surface area (Å²) in [7, 11) is -2.43. The Morgan fingerprint density at radius 3 is 2.07 bits per heavy atom. The number of unbranched alkanes of at least 4 members (excludes halogenated alkanes) is 3. The molecule has 0 aromatic rings. The highest BCUT2D eigenvalue weighted by molar-refractivity contribution is 8.00. The van der Waals surface area contributed by atoms with E-state index >= 15 is 0 Å². The van der Waals surface area contributed by atoms with E-state index in [2.05, 4.69) is 30.4 Å². The standard InChI is InChI=1S/C24H48O3S2Si/c1-5-9-10-11-15-29-24-20-22-19-23(24)18-21(22)13-16-28-14-12-17-30(25-6-2,26-7-3)27-8-4/h21-24H,5-20H2,1-4H3. The maximum Gasteiger partial charge on any atom is 0.500 e. The Kier molecular flexibility index (Phi) is 14.1. The molecule has 3 nitrogen and oxygen atoms in total. The van der Waals surface area contributed by atoms with E-state index in [-0.39, 0.29) is 0 Å². The molecule has 0 heterocycles. The lowest BCUT2D eigenvalue weighted by Crippen LogP contribution is -2.46. The van der Waals surface area contributed by atoms with Gasteiger partial charge >= 0.3 is 8.80 Å². The summed E-state index contributed by atoms with van der Waals surface area (Å²) in [5, 5.41) is 0.995. The maximum atomic E-state index is 5.97. The van der Waals surface area contributed by atoms with Crippen molar-refractivity contribution in [3.05, 3.63) is 0 Å². The van der Waals surface area contributed by atoms with Crippen LogP contribution < -0.4 is 0 Å². The lowest BCUT2D eigenvalue weighted by Gasteiger charge is -2.28. The quantitative estimate of drug-likeness (QED) is 0.144. The first kappa shape index (κ1) is 27.0. The Labute approximate surface area is 196 Å². The average molecular weight is 477 g/mol. The van der Waals surface area contributed by atoms with Crippen LogP contribution in [0.4, 0.5) is 0 Å². The molecular formula is C24H48O3S2Si. The van der Waals surface area contributed by atoms with Gasteiger partial charge in [-0.2, -0.15) is 23.5 Å². The van der Waals surface area contributed by atoms with Crippen LogP contribution in [0.3, 0.4) is 0 Å². The van der Waals surface area contributed by atoms with Crippen molar-refractivity contribution in [3.63, 3.8) is 0 Å². The number of hydrogen-bond donors (Lipinski definition) is 0. The molecule has 2 saturated carbocycles. The van der Waals surface area contributed by atoms with E-state index in [0.29, 0.717) is 19.8 Å². The van der Waals surface area contributed by atoms with Gasteiger partial charge in [0.15, 0.2) is 0 Å². The van der Waals surface area contributed by atoms with Crippen molar-refractivity contribution in [2.75, 3.05) is 37.1 Å². The molecule has 2 aliphatic rings. The summed E-state index contributed by atoms with van der Waals surface area (Å²) < 4.78 is 17.9. The molecule has 2 rings (SSSR count). The first-order valence-corrected chi connectivity index (χ1v) is 16.9. The van der Waals surface area contributed by atoms with Crippen LogP contribution in [0.5, 0.6) is 0 Å². The average Bonchev–Trinajstić information content (AvgIpc) is 3.31. The Morgan fingerprint density at radius 2 is 1.47 bits per heavy atom. The molecule has 2 aliphatic carbocycles. The number of hydrogen-bond acceptors (Lipinski definition) is 5. The molecule has 0 aromatic heterocycles. The third kappa shape index (κ3) is 8.97. The highest BCUT2D eigenvalue weighted by Crippen LogP contribution is 2.53. The summed E-state index contributed by atoms with van der Waals surface area (Å²) in [4.78, 5) is 0. The van der Waals surface area contributed by atoms with E-state index in [1.54, 1.807) is 0 Å². The zero-order chi connectivity index (χ0) is 21.7. The van der Waals surface area contributed by atoms with Crippen molar-refractivity contribution >= 4 is 32.3 Å². The smallest absolute Gasteiger partial charge is 0.374 e. The molecule has 2 bridgehead atoms. The fourth-order valence-corrected chi connectivity index (χ4v) is 10.8. The van der Waals surface area contributed by atoms with Crippen LogP contribution in [-0.4, -0.2) is 51.1 Å². The van der Waals surface area contributed by atoms with Gasteiger partial charge in [-0.25, -0.2) is 0 Å². The van der Waals surface area contributed by atoms with Crippen LogP contribution >= 0.6 is 23.5 Å². The molecule has 4 unspecified atom stereocenters. The Morgan fingerprint density at radius 1 is 0.733 bits per heavy atom. The summed E-state index contributed by atoms with van der Waals surface area (Å²) in [5.41, 5.74) is 0. The fraction of sp³-hybridized carbons (Fsp3) is 1.00. The normalized spacial score (nSPS) is 26.0. The SMILES string of the molecule is CCCCCCSC1CC2CC1CC2CCSCCC[Si](OCC)(OCC)OCC. The van der Waals surface area contributed by atoms with Gasteiger partial charge in [-0.15, -0.1) is 0 Å². The Hall–Kier alpha value is 0.797. The highest BCUT2D eigenvalue weighted by Gasteiger charge is 2.45. The van der Waals surface area contributed by atoms with Crippen molar-refractivity contribution in [2.24, 2.45) is 17.8 Å². The number of fused-ring (bicyclic) bond motifs is 2. The van der Waals surface area contributed by atoms with E-state index in [4.69, 9.17) is 13.3 Å². The molecular weight excluding hydrogens is 428 g/mol. The number of rotatable bonds is 19. The van der Waals surface area contributed by atoms with Crippen LogP contribution in [0, 0.1) is 17.8 Å². The maximum absolute atomic E-state index is 5.97. The van der Waals surface area contributed by atoms with Gasteiger partial charge in [0.2, 0.25) is 0 Å². The minimum Gasteiger partial charge on any atom is -0.374 e. The molecule has 0 spiro atoms. The molecule has 0 radical (unpaired) electrons. The van der Waals surface area contributed by atoms with Gasteiger partial charge in [-0.3, -0.25) is 0 Å². The van der Waals surface area contributed by atoms with Gasteiger partial charge in [-0.1, -0.05) is 26.2 Å². The second-order valence-electron chi connectivity index (χ2n) is 8.94. The molecule has 0 saturated heterocycles. The second-order valence-corrected chi connectivity index (χ2v) is 14.2. The molecule has 4 atom stereocenters. The van der Waals surface area contributed by atoms with Crippen LogP contribution in [0.2, 0.25) is 6.04 Å². The topological polar surface area (TPSA) is 27.7 Å². The van der Waals surface area contributed by atoms with E-state index in [1.165, 1.54) is 68.6 Å². The van der Waals surface area contributed by atoms with E-state index in [9.17, 15) is 0 Å². The molecule has 0 aromatic carbocycles. The Balaban J connectivity index is 1.55. The summed E-state index contributed by atoms with van der Waals surface area (Å²) in [5.74, 6) is 7.04. The molecule has 30 heavy (non-hydrogen) atoms. The zero-order valence-electron chi connectivity index (χ0n) is 20.2. The van der Waals surface area contributed by atoms with Crippen LogP contribution in [0.25, 0.3) is 0 Å². The van der Waals surface area contributed by atoms with Gasteiger partial charge in [0.1, 0.15) is 0 Å². The van der Waals surface area contributed by atoms with Crippen LogP contribution in [0.15, 0.2) is 0 Å². The Bertz CT molecular complexity index is 424. The van der Waals surface area contributed by atoms with E-state index in [1.807, 2.05) is 20.8 Å². The van der Waals surface area contributed by atoms with Crippen LogP contribution in [0.1, 0.15) is 85.5 Å². The second kappa shape index (κ2) is 15.6. The van der Waals surface area contributed by atoms with Crippen molar-refractivity contribution in [3.8, 4) is 0 Å². The molecule has 0 N–H and O–H groups in total. The minimum atomic E-state index is -2.43. The van der Waals surface area contributed by atoms with Gasteiger partial charge in [-0.05, 0) is 94.3 Å². The van der Waals surface area contributed by atoms with Crippen molar-refractivity contribution in [1.82, 2.24) is 0 Å². The van der Waals surface area contributed by atoms with Crippen LogP contribution in [-0.2, 0) is 13.3 Å². The molecule has 0 amide bonds. The predicted octanol–water partition coefficient (Wildman–Crippen LogP) is 7.28. The third-order valence-electron chi connectivity index (χ3n) is 6.77. The lowest BCUT2D eigenvalue weighted by atomic mass is 9.87. The zero-order valence-corrected chi connectivity index (χ0v) is 22.8. The van der Waals surface area contributed by atoms with E-state index < -0.39 is 8.80 Å². The number of thioether (sulfide) groups is 2. The van der Waals surface area contributed by atoms with Crippen molar-refractivity contribution in [1.29, 1.82) is 0 Å². The first-order valence-electron chi connectivity index (χ1n) is 12.8. The first-order chi connectivity index (χ1) is 14.7. The molecule has 0 aliphatic heterocycles. The van der Waals surface area contributed by atoms with Gasteiger partial charge < -0.3 is 13.3 Å². The summed E-state index contributed by atoms with van der Waals surface area (Å²) in [6, 6.07) is 0.959. The van der Waals surface area contributed by atoms with Gasteiger partial charge in [0.05, 0.1) is 0 Å². The molecule has 178 valence electrons. The summed E-state index contributed by atoms with van der Waals surface area (Å²) >= 11 is 4.45. The van der Waals surface area contributed by atoms with Crippen molar-refractivity contribution in [2.45, 2.75) is 96.8 Å². The van der Waals surface area contributed by atoms with Crippen molar-refractivity contribution < 1.29 is 13.3 Å². The largest absolute Gasteiger partial charge is 0.500 e. The molecule has 2 fully saturated rings. The monoisotopic (exact) mass is 476 g/mol. The van der Waals surface area contributed by atoms with Gasteiger partial charge in [0, 0.05) is 31.1 Å². The third-order valence-corrected chi connectivity index (χ3v) is 12.5. The fourth-order valence-electron chi connectivity index (χ4n) is 5.39. The van der Waals surface area contributed by atoms with E-state index in [0.717, 1.165) is 35.5 Å². The molecule has 6 heteroatoms. The predicted molar refractivity (Wildman–Crippen MR) is 137 cm³/mol. The van der Waals surface area contributed by atoms with Gasteiger partial charge in [0.25, 0.3) is 0 Å². The highest BCUT2D eigenvalue weighted by atomic mass is 32.2.